The molecule has 2 bridgehead atoms. The summed E-state index contributed by atoms with van der Waals surface area (Å²) in [7, 11) is 0. The molecule has 2 amide bonds. The van der Waals surface area contributed by atoms with Gasteiger partial charge >= 0.3 is 0 Å². The molecule has 1 N–H and O–H groups in total. The molecule has 0 saturated carbocycles. The van der Waals surface area contributed by atoms with Gasteiger partial charge in [0.05, 0.1) is 0 Å². The summed E-state index contributed by atoms with van der Waals surface area (Å²) in [6.45, 7) is 9.53. The van der Waals surface area contributed by atoms with Crippen LogP contribution in [0.4, 0.5) is 0 Å². The highest BCUT2D eigenvalue weighted by atomic mass is 16.2. The minimum absolute atomic E-state index is 0.197. The van der Waals surface area contributed by atoms with Gasteiger partial charge in [0.15, 0.2) is 0 Å². The van der Waals surface area contributed by atoms with Crippen LogP contribution in [-0.4, -0.2) is 35.3 Å². The summed E-state index contributed by atoms with van der Waals surface area (Å²) in [5.74, 6) is 2.31. The average Bonchev–Trinajstić information content (AvgIpc) is 2.86. The number of hydrogen-bond acceptors (Lipinski definition) is 2. The van der Waals surface area contributed by atoms with E-state index in [0.717, 1.165) is 51.5 Å². The minimum atomic E-state index is 0.197. The lowest BCUT2D eigenvalue weighted by Crippen LogP contribution is -2.48. The van der Waals surface area contributed by atoms with Crippen LogP contribution in [0.2, 0.25) is 0 Å². The first-order valence-corrected chi connectivity index (χ1v) is 10.5. The van der Waals surface area contributed by atoms with Crippen molar-refractivity contribution in [2.24, 2.45) is 17.8 Å². The maximum absolute atomic E-state index is 12.6. The van der Waals surface area contributed by atoms with Crippen molar-refractivity contribution < 1.29 is 9.59 Å². The van der Waals surface area contributed by atoms with Gasteiger partial charge in [0.1, 0.15) is 0 Å². The summed E-state index contributed by atoms with van der Waals surface area (Å²) in [6.07, 6.45) is 8.88. The number of piperidine rings is 1. The Labute approximate surface area is 154 Å². The van der Waals surface area contributed by atoms with Crippen molar-refractivity contribution in [3.63, 3.8) is 0 Å². The zero-order chi connectivity index (χ0) is 18.4. The topological polar surface area (TPSA) is 49.4 Å². The van der Waals surface area contributed by atoms with Gasteiger partial charge in [0.2, 0.25) is 11.8 Å². The molecule has 2 aliphatic rings. The van der Waals surface area contributed by atoms with E-state index >= 15 is 0 Å². The van der Waals surface area contributed by atoms with Crippen LogP contribution in [0.25, 0.3) is 0 Å². The lowest BCUT2D eigenvalue weighted by molar-refractivity contribution is -0.137. The second-order valence-corrected chi connectivity index (χ2v) is 8.81. The summed E-state index contributed by atoms with van der Waals surface area (Å²) >= 11 is 0. The van der Waals surface area contributed by atoms with Gasteiger partial charge in [-0.3, -0.25) is 9.59 Å². The fourth-order valence-electron chi connectivity index (χ4n) is 4.33. The van der Waals surface area contributed by atoms with Gasteiger partial charge in [0, 0.05) is 31.5 Å². The molecule has 2 saturated heterocycles. The minimum Gasteiger partial charge on any atom is -0.356 e. The van der Waals surface area contributed by atoms with E-state index in [1.165, 1.54) is 0 Å². The maximum Gasteiger partial charge on any atom is 0.223 e. The van der Waals surface area contributed by atoms with E-state index in [-0.39, 0.29) is 5.91 Å². The number of nitrogens with zero attached hydrogens (tertiary/aromatic N) is 1. The Morgan fingerprint density at radius 1 is 1.04 bits per heavy atom. The van der Waals surface area contributed by atoms with Crippen LogP contribution in [0.15, 0.2) is 0 Å². The monoisotopic (exact) mass is 350 g/mol. The number of carbonyl (C=O) groups is 2. The van der Waals surface area contributed by atoms with E-state index < -0.39 is 0 Å². The van der Waals surface area contributed by atoms with Gasteiger partial charge in [-0.2, -0.15) is 0 Å². The van der Waals surface area contributed by atoms with E-state index in [2.05, 4.69) is 37.9 Å². The highest BCUT2D eigenvalue weighted by Crippen LogP contribution is 2.39. The van der Waals surface area contributed by atoms with Gasteiger partial charge in [-0.1, -0.05) is 34.1 Å². The van der Waals surface area contributed by atoms with Gasteiger partial charge in [-0.05, 0) is 56.3 Å². The first kappa shape index (κ1) is 20.3. The average molecular weight is 351 g/mol. The van der Waals surface area contributed by atoms with E-state index in [9.17, 15) is 9.59 Å². The van der Waals surface area contributed by atoms with Gasteiger partial charge in [-0.15, -0.1) is 0 Å². The lowest BCUT2D eigenvalue weighted by Gasteiger charge is -2.39. The largest absolute Gasteiger partial charge is 0.356 e. The number of carbonyl (C=O) groups excluding carboxylic acids is 2. The van der Waals surface area contributed by atoms with Crippen LogP contribution in [0.1, 0.15) is 85.5 Å². The van der Waals surface area contributed by atoms with Crippen LogP contribution in [0, 0.1) is 17.8 Å². The van der Waals surface area contributed by atoms with Crippen molar-refractivity contribution in [3.05, 3.63) is 0 Å². The number of hydrogen-bond donors (Lipinski definition) is 1. The fraction of sp³-hybridized carbons (Fsp3) is 0.905. The Bertz CT molecular complexity index is 435. The Morgan fingerprint density at radius 3 is 2.24 bits per heavy atom. The van der Waals surface area contributed by atoms with Crippen molar-refractivity contribution in [2.75, 3.05) is 6.54 Å². The third kappa shape index (κ3) is 6.00. The fourth-order valence-corrected chi connectivity index (χ4v) is 4.33. The van der Waals surface area contributed by atoms with Gasteiger partial charge in [0.25, 0.3) is 0 Å². The molecule has 0 aliphatic carbocycles. The maximum atomic E-state index is 12.6. The second kappa shape index (κ2) is 9.59. The molecule has 2 heterocycles. The van der Waals surface area contributed by atoms with Crippen molar-refractivity contribution in [3.8, 4) is 0 Å². The third-order valence-electron chi connectivity index (χ3n) is 6.20. The molecule has 144 valence electrons. The first-order chi connectivity index (χ1) is 11.9. The molecule has 0 aromatic heterocycles. The summed E-state index contributed by atoms with van der Waals surface area (Å²) in [5, 5.41) is 3.14. The lowest BCUT2D eigenvalue weighted by atomic mass is 9.90. The molecule has 4 heteroatoms. The van der Waals surface area contributed by atoms with Crippen LogP contribution >= 0.6 is 0 Å². The standard InChI is InChI=1S/C21H38N2O2/c1-5-16(4)7-10-20(24)22-14-17-12-18-8-9-19(13-17)23(18)21(25)11-6-15(2)3/h15-19H,5-14H2,1-4H3,(H,22,24)/t16?,17?,18-,19+. The number of rotatable bonds is 9. The van der Waals surface area contributed by atoms with Crippen LogP contribution < -0.4 is 5.32 Å². The quantitative estimate of drug-likeness (QED) is 0.679. The zero-order valence-corrected chi connectivity index (χ0v) is 16.7. The Balaban J connectivity index is 1.74. The first-order valence-electron chi connectivity index (χ1n) is 10.5. The molecule has 0 radical (unpaired) electrons. The highest BCUT2D eigenvalue weighted by Gasteiger charge is 2.42. The molecule has 4 nitrogen and oxygen atoms in total. The van der Waals surface area contributed by atoms with Crippen molar-refractivity contribution in [2.45, 2.75) is 97.6 Å². The second-order valence-electron chi connectivity index (χ2n) is 8.81. The Hall–Kier alpha value is -1.06. The molecule has 2 aliphatic heterocycles. The molecule has 2 fully saturated rings. The van der Waals surface area contributed by atoms with Gasteiger partial charge < -0.3 is 10.2 Å². The predicted molar refractivity (Wildman–Crippen MR) is 102 cm³/mol. The van der Waals surface area contributed by atoms with Crippen LogP contribution in [0.3, 0.4) is 0 Å². The van der Waals surface area contributed by atoms with E-state index in [1.807, 2.05) is 0 Å². The Kier molecular flexibility index (Phi) is 7.77. The molecule has 0 aromatic carbocycles. The van der Waals surface area contributed by atoms with Gasteiger partial charge in [-0.25, -0.2) is 0 Å². The molecular formula is C21H38N2O2. The van der Waals surface area contributed by atoms with E-state index in [4.69, 9.17) is 0 Å². The Morgan fingerprint density at radius 2 is 1.68 bits per heavy atom. The van der Waals surface area contributed by atoms with E-state index in [0.29, 0.717) is 48.6 Å². The van der Waals surface area contributed by atoms with Crippen LogP contribution in [0.5, 0.6) is 0 Å². The number of nitrogens with one attached hydrogen (secondary N) is 1. The highest BCUT2D eigenvalue weighted by molar-refractivity contribution is 5.77. The summed E-state index contributed by atoms with van der Waals surface area (Å²) in [5.41, 5.74) is 0. The number of amides is 2. The zero-order valence-electron chi connectivity index (χ0n) is 16.7. The summed E-state index contributed by atoms with van der Waals surface area (Å²) in [6, 6.07) is 0.834. The molecule has 2 unspecified atom stereocenters. The van der Waals surface area contributed by atoms with Crippen molar-refractivity contribution >= 4 is 11.8 Å². The SMILES string of the molecule is CCC(C)CCC(=O)NCC1C[C@H]2CC[C@@H](C1)N2C(=O)CCC(C)C. The molecule has 0 aromatic rings. The molecule has 4 atom stereocenters. The summed E-state index contributed by atoms with van der Waals surface area (Å²) < 4.78 is 0. The number of fused-ring (bicyclic) bond motifs is 2. The van der Waals surface area contributed by atoms with Crippen molar-refractivity contribution in [1.29, 1.82) is 0 Å². The smallest absolute Gasteiger partial charge is 0.223 e. The van der Waals surface area contributed by atoms with E-state index in [1.54, 1.807) is 0 Å². The normalized spacial score (nSPS) is 26.8. The molecule has 0 spiro atoms. The summed E-state index contributed by atoms with van der Waals surface area (Å²) in [4.78, 5) is 26.8. The van der Waals surface area contributed by atoms with Crippen LogP contribution in [-0.2, 0) is 9.59 Å². The predicted octanol–water partition coefficient (Wildman–Crippen LogP) is 4.13. The molecule has 25 heavy (non-hydrogen) atoms. The molecule has 2 rings (SSSR count). The third-order valence-corrected chi connectivity index (χ3v) is 6.20. The van der Waals surface area contributed by atoms with Crippen molar-refractivity contribution in [1.82, 2.24) is 10.2 Å². The molecular weight excluding hydrogens is 312 g/mol.